The van der Waals surface area contributed by atoms with Gasteiger partial charge in [-0.3, -0.25) is 0 Å². The van der Waals surface area contributed by atoms with E-state index in [4.69, 9.17) is 35.7 Å². The summed E-state index contributed by atoms with van der Waals surface area (Å²) in [5.41, 5.74) is 2.14. The van der Waals surface area contributed by atoms with Gasteiger partial charge in [-0.15, -0.1) is 11.6 Å². The number of hydrogen-bond donors (Lipinski definition) is 2. The molecule has 2 aromatic rings. The molecule has 32 heavy (non-hydrogen) atoms. The van der Waals surface area contributed by atoms with E-state index in [9.17, 15) is 5.11 Å². The zero-order chi connectivity index (χ0) is 22.5. The SMILES string of the molecule is CC(C)(c1ccc(OCCOCCOCCO)cc1)c1ccc(OC[C@H](O)CCl)cc1.S. The van der Waals surface area contributed by atoms with E-state index in [1.54, 1.807) is 0 Å². The molecule has 1 atom stereocenters. The Labute approximate surface area is 202 Å². The molecule has 2 rings (SSSR count). The van der Waals surface area contributed by atoms with Gasteiger partial charge < -0.3 is 29.2 Å². The maximum Gasteiger partial charge on any atom is 0.119 e. The fourth-order valence-corrected chi connectivity index (χ4v) is 3.03. The van der Waals surface area contributed by atoms with E-state index in [-0.39, 0.29) is 38.0 Å². The summed E-state index contributed by atoms with van der Waals surface area (Å²) < 4.78 is 21.8. The lowest BCUT2D eigenvalue weighted by Crippen LogP contribution is -2.20. The van der Waals surface area contributed by atoms with Gasteiger partial charge in [-0.1, -0.05) is 38.1 Å². The van der Waals surface area contributed by atoms with E-state index < -0.39 is 6.10 Å². The van der Waals surface area contributed by atoms with Crippen molar-refractivity contribution in [2.24, 2.45) is 0 Å². The van der Waals surface area contributed by atoms with Crippen molar-refractivity contribution in [2.45, 2.75) is 25.4 Å². The molecule has 0 bridgehead atoms. The molecule has 8 heteroatoms. The second-order valence-corrected chi connectivity index (χ2v) is 7.90. The Balaban J connectivity index is 0.00000512. The molecule has 0 aliphatic heterocycles. The minimum absolute atomic E-state index is 0. The van der Waals surface area contributed by atoms with Gasteiger partial charge in [0.15, 0.2) is 0 Å². The first-order valence-electron chi connectivity index (χ1n) is 10.4. The Kier molecular flexibility index (Phi) is 13.7. The lowest BCUT2D eigenvalue weighted by atomic mass is 9.78. The predicted octanol–water partition coefficient (Wildman–Crippen LogP) is 3.51. The lowest BCUT2D eigenvalue weighted by Gasteiger charge is -2.26. The maximum absolute atomic E-state index is 9.51. The number of aliphatic hydroxyl groups is 2. The van der Waals surface area contributed by atoms with Crippen molar-refractivity contribution in [3.8, 4) is 11.5 Å². The van der Waals surface area contributed by atoms with E-state index in [2.05, 4.69) is 26.0 Å². The molecule has 0 aliphatic rings. The standard InChI is InChI=1S/C24H33ClO6.H2S/c1-24(2,20-5-9-23(10-6-20)31-18-21(27)17-25)19-3-7-22(8-4-19)30-16-15-29-14-13-28-12-11-26;/h3-10,21,26-27H,11-18H2,1-2H3;1H2/t21-;/m1./s1. The van der Waals surface area contributed by atoms with Crippen molar-refractivity contribution in [3.63, 3.8) is 0 Å². The first-order chi connectivity index (χ1) is 15.0. The van der Waals surface area contributed by atoms with Crippen LogP contribution >= 0.6 is 25.1 Å². The van der Waals surface area contributed by atoms with Crippen molar-refractivity contribution in [2.75, 3.05) is 52.1 Å². The van der Waals surface area contributed by atoms with Gasteiger partial charge in [-0.2, -0.15) is 13.5 Å². The molecule has 0 saturated carbocycles. The highest BCUT2D eigenvalue weighted by Crippen LogP contribution is 2.33. The number of benzene rings is 2. The lowest BCUT2D eigenvalue weighted by molar-refractivity contribution is 0.0247. The highest BCUT2D eigenvalue weighted by molar-refractivity contribution is 7.59. The largest absolute Gasteiger partial charge is 0.491 e. The highest BCUT2D eigenvalue weighted by atomic mass is 35.5. The van der Waals surface area contributed by atoms with Gasteiger partial charge >= 0.3 is 0 Å². The van der Waals surface area contributed by atoms with Crippen molar-refractivity contribution < 1.29 is 29.2 Å². The Morgan fingerprint density at radius 3 is 1.75 bits per heavy atom. The minimum Gasteiger partial charge on any atom is -0.491 e. The van der Waals surface area contributed by atoms with Crippen LogP contribution < -0.4 is 9.47 Å². The van der Waals surface area contributed by atoms with Crippen molar-refractivity contribution >= 4 is 25.1 Å². The molecule has 0 unspecified atom stereocenters. The Morgan fingerprint density at radius 2 is 1.25 bits per heavy atom. The molecule has 0 aromatic heterocycles. The van der Waals surface area contributed by atoms with Crippen LogP contribution in [0.3, 0.4) is 0 Å². The third-order valence-electron chi connectivity index (χ3n) is 4.88. The quantitative estimate of drug-likeness (QED) is 0.296. The third-order valence-corrected chi connectivity index (χ3v) is 5.23. The summed E-state index contributed by atoms with van der Waals surface area (Å²) in [5, 5.41) is 18.1. The average molecular weight is 487 g/mol. The fourth-order valence-electron chi connectivity index (χ4n) is 2.94. The molecule has 0 fully saturated rings. The molecule has 180 valence electrons. The van der Waals surface area contributed by atoms with Crippen LogP contribution in [0.25, 0.3) is 0 Å². The molecular formula is C24H35ClO6S. The summed E-state index contributed by atoms with van der Waals surface area (Å²) in [7, 11) is 0. The van der Waals surface area contributed by atoms with Crippen LogP contribution in [0.2, 0.25) is 0 Å². The second kappa shape index (κ2) is 15.4. The van der Waals surface area contributed by atoms with Crippen LogP contribution in [-0.4, -0.2) is 68.4 Å². The average Bonchev–Trinajstić information content (AvgIpc) is 2.79. The van der Waals surface area contributed by atoms with E-state index in [0.29, 0.717) is 38.8 Å². The molecule has 0 aliphatic carbocycles. The molecule has 6 nitrogen and oxygen atoms in total. The number of halogens is 1. The number of ether oxygens (including phenoxy) is 4. The van der Waals surface area contributed by atoms with Crippen LogP contribution in [0.5, 0.6) is 11.5 Å². The summed E-state index contributed by atoms with van der Waals surface area (Å²) in [4.78, 5) is 0. The normalized spacial score (nSPS) is 12.2. The third kappa shape index (κ3) is 9.57. The van der Waals surface area contributed by atoms with Gasteiger partial charge in [-0.25, -0.2) is 0 Å². The van der Waals surface area contributed by atoms with Gasteiger partial charge in [-0.05, 0) is 35.4 Å². The van der Waals surface area contributed by atoms with Gasteiger partial charge in [0.05, 0.1) is 38.9 Å². The predicted molar refractivity (Wildman–Crippen MR) is 132 cm³/mol. The number of aliphatic hydroxyl groups excluding tert-OH is 2. The fraction of sp³-hybridized carbons (Fsp3) is 0.500. The topological polar surface area (TPSA) is 77.4 Å². The van der Waals surface area contributed by atoms with E-state index in [1.165, 1.54) is 5.56 Å². The van der Waals surface area contributed by atoms with E-state index in [0.717, 1.165) is 11.3 Å². The molecule has 0 saturated heterocycles. The zero-order valence-corrected chi connectivity index (χ0v) is 20.5. The number of rotatable bonds is 15. The van der Waals surface area contributed by atoms with Crippen molar-refractivity contribution in [1.29, 1.82) is 0 Å². The minimum atomic E-state index is -0.670. The van der Waals surface area contributed by atoms with Gasteiger partial charge in [0.2, 0.25) is 0 Å². The second-order valence-electron chi connectivity index (χ2n) is 7.59. The molecular weight excluding hydrogens is 452 g/mol. The first-order valence-corrected chi connectivity index (χ1v) is 11.0. The molecule has 0 amide bonds. The molecule has 0 heterocycles. The number of alkyl halides is 1. The van der Waals surface area contributed by atoms with Crippen LogP contribution in [0.1, 0.15) is 25.0 Å². The molecule has 2 N–H and O–H groups in total. The first kappa shape index (κ1) is 28.6. The van der Waals surface area contributed by atoms with Gasteiger partial charge in [0, 0.05) is 5.41 Å². The Hall–Kier alpha value is -1.48. The Bertz CT molecular complexity index is 739. The summed E-state index contributed by atoms with van der Waals surface area (Å²) in [5.74, 6) is 1.65. The molecule has 2 aromatic carbocycles. The monoisotopic (exact) mass is 486 g/mol. The van der Waals surface area contributed by atoms with E-state index in [1.807, 2.05) is 36.4 Å². The Morgan fingerprint density at radius 1 is 0.781 bits per heavy atom. The van der Waals surface area contributed by atoms with E-state index >= 15 is 0 Å². The van der Waals surface area contributed by atoms with Crippen LogP contribution in [-0.2, 0) is 14.9 Å². The summed E-state index contributed by atoms with van der Waals surface area (Å²) in [6.45, 7) is 6.76. The number of hydrogen-bond acceptors (Lipinski definition) is 6. The maximum atomic E-state index is 9.51. The van der Waals surface area contributed by atoms with Gasteiger partial charge in [0.25, 0.3) is 0 Å². The zero-order valence-electron chi connectivity index (χ0n) is 18.8. The summed E-state index contributed by atoms with van der Waals surface area (Å²) in [6.07, 6.45) is -0.670. The summed E-state index contributed by atoms with van der Waals surface area (Å²) >= 11 is 5.59. The van der Waals surface area contributed by atoms with Crippen LogP contribution in [0, 0.1) is 0 Å². The smallest absolute Gasteiger partial charge is 0.119 e. The van der Waals surface area contributed by atoms with Crippen LogP contribution in [0.4, 0.5) is 0 Å². The van der Waals surface area contributed by atoms with Gasteiger partial charge in [0.1, 0.15) is 30.8 Å². The summed E-state index contributed by atoms with van der Waals surface area (Å²) in [6, 6.07) is 16.0. The van der Waals surface area contributed by atoms with Crippen molar-refractivity contribution in [1.82, 2.24) is 0 Å². The van der Waals surface area contributed by atoms with Crippen molar-refractivity contribution in [3.05, 3.63) is 59.7 Å². The molecule has 0 spiro atoms. The van der Waals surface area contributed by atoms with Crippen LogP contribution in [0.15, 0.2) is 48.5 Å². The molecule has 0 radical (unpaired) electrons. The highest BCUT2D eigenvalue weighted by Gasteiger charge is 2.23.